The first-order chi connectivity index (χ1) is 13.1. The fourth-order valence-corrected chi connectivity index (χ4v) is 2.77. The molecule has 1 N–H and O–H groups in total. The Balaban J connectivity index is 4.60. The van der Waals surface area contributed by atoms with E-state index in [-0.39, 0.29) is 37.5 Å². The number of carbonyl (C=O) groups excluding carboxylic acids is 1. The van der Waals surface area contributed by atoms with Gasteiger partial charge in [0, 0.05) is 26.6 Å². The van der Waals surface area contributed by atoms with Crippen LogP contribution in [0.3, 0.4) is 0 Å². The lowest BCUT2D eigenvalue weighted by Gasteiger charge is -2.28. The van der Waals surface area contributed by atoms with E-state index in [4.69, 9.17) is 18.9 Å². The third-order valence-corrected chi connectivity index (χ3v) is 4.04. The van der Waals surface area contributed by atoms with Crippen LogP contribution in [0, 0.1) is 5.92 Å². The molecule has 0 saturated heterocycles. The zero-order chi connectivity index (χ0) is 21.6. The molecule has 0 spiro atoms. The lowest BCUT2D eigenvalue weighted by Crippen LogP contribution is -2.35. The maximum atomic E-state index is 11.7. The smallest absolute Gasteiger partial charge is 0.306 e. The second-order valence-electron chi connectivity index (χ2n) is 8.03. The van der Waals surface area contributed by atoms with Crippen molar-refractivity contribution in [3.8, 4) is 0 Å². The third kappa shape index (κ3) is 13.0. The van der Waals surface area contributed by atoms with Crippen molar-refractivity contribution < 1.29 is 28.8 Å². The number of carbonyl (C=O) groups is 1. The third-order valence-electron chi connectivity index (χ3n) is 4.04. The minimum atomic E-state index is -0.431. The van der Waals surface area contributed by atoms with Crippen LogP contribution in [0.5, 0.6) is 0 Å². The van der Waals surface area contributed by atoms with Gasteiger partial charge in [-0.05, 0) is 47.0 Å². The molecular formula is C22H40O6. The Hall–Kier alpha value is -1.21. The number of methoxy groups -OCH3 is 2. The Morgan fingerprint density at radius 3 is 2.39 bits per heavy atom. The molecule has 28 heavy (non-hydrogen) atoms. The number of unbranched alkanes of at least 4 members (excludes halogenated alkanes) is 2. The number of aliphatic hydroxyl groups excluding tert-OH is 1. The molecule has 0 radical (unpaired) electrons. The maximum absolute atomic E-state index is 11.7. The van der Waals surface area contributed by atoms with Gasteiger partial charge < -0.3 is 24.1 Å². The number of aliphatic hydroxyl groups is 1. The summed E-state index contributed by atoms with van der Waals surface area (Å²) in [4.78, 5) is 11.7. The molecular weight excluding hydrogens is 360 g/mol. The molecule has 164 valence electrons. The normalized spacial score (nSPS) is 16.2. The summed E-state index contributed by atoms with van der Waals surface area (Å²) < 4.78 is 21.8. The summed E-state index contributed by atoms with van der Waals surface area (Å²) in [5.74, 6) is -0.108. The van der Waals surface area contributed by atoms with Crippen molar-refractivity contribution in [1.29, 1.82) is 0 Å². The van der Waals surface area contributed by atoms with Gasteiger partial charge in [-0.15, -0.1) is 0 Å². The standard InChI is InChI=1S/C22H40O6/c1-17(15-23)14-18(2)21(27-16-25-6)19(26-7)12-10-8-9-11-13-20(24)28-22(3,4)5/h10,12,14,18-19,21,23H,8-9,11,13,15-16H2,1-7H3/b12-10+,17-14+/t18-,19+,21+/m1/s1. The maximum Gasteiger partial charge on any atom is 0.306 e. The molecule has 0 rings (SSSR count). The van der Waals surface area contributed by atoms with E-state index in [9.17, 15) is 9.90 Å². The van der Waals surface area contributed by atoms with Gasteiger partial charge in [0.1, 0.15) is 18.5 Å². The van der Waals surface area contributed by atoms with Gasteiger partial charge in [-0.3, -0.25) is 4.79 Å². The first-order valence-electron chi connectivity index (χ1n) is 9.94. The van der Waals surface area contributed by atoms with Gasteiger partial charge in [-0.25, -0.2) is 0 Å². The Kier molecular flexibility index (Phi) is 14.1. The number of allylic oxidation sites excluding steroid dienone is 1. The SMILES string of the molecule is COCO[C@@H]([C@H](C)/C=C(\C)CO)[C@H](/C=C/CCCCC(=O)OC(C)(C)C)OC. The first-order valence-corrected chi connectivity index (χ1v) is 9.94. The van der Waals surface area contributed by atoms with Crippen molar-refractivity contribution in [3.63, 3.8) is 0 Å². The Labute approximate surface area is 170 Å². The van der Waals surface area contributed by atoms with E-state index >= 15 is 0 Å². The highest BCUT2D eigenvalue weighted by Crippen LogP contribution is 2.19. The summed E-state index contributed by atoms with van der Waals surface area (Å²) in [6.07, 6.45) is 8.53. The van der Waals surface area contributed by atoms with Crippen LogP contribution < -0.4 is 0 Å². The molecule has 0 unspecified atom stereocenters. The van der Waals surface area contributed by atoms with Crippen LogP contribution >= 0.6 is 0 Å². The highest BCUT2D eigenvalue weighted by Gasteiger charge is 2.25. The van der Waals surface area contributed by atoms with Crippen LogP contribution in [0.4, 0.5) is 0 Å². The van der Waals surface area contributed by atoms with Crippen molar-refractivity contribution in [1.82, 2.24) is 0 Å². The van der Waals surface area contributed by atoms with E-state index in [1.807, 2.05) is 46.8 Å². The van der Waals surface area contributed by atoms with Crippen LogP contribution in [0.2, 0.25) is 0 Å². The van der Waals surface area contributed by atoms with Crippen molar-refractivity contribution in [2.24, 2.45) is 5.92 Å². The summed E-state index contributed by atoms with van der Waals surface area (Å²) in [6.45, 7) is 9.72. The lowest BCUT2D eigenvalue weighted by molar-refractivity contribution is -0.154. The van der Waals surface area contributed by atoms with Crippen LogP contribution in [0.25, 0.3) is 0 Å². The predicted octanol–water partition coefficient (Wildman–Crippen LogP) is 4.02. The van der Waals surface area contributed by atoms with Gasteiger partial charge in [-0.1, -0.05) is 30.7 Å². The van der Waals surface area contributed by atoms with E-state index in [0.29, 0.717) is 6.42 Å². The lowest BCUT2D eigenvalue weighted by atomic mass is 9.96. The fourth-order valence-electron chi connectivity index (χ4n) is 2.77. The molecule has 3 atom stereocenters. The fraction of sp³-hybridized carbons (Fsp3) is 0.773. The molecule has 0 heterocycles. The molecule has 0 fully saturated rings. The Morgan fingerprint density at radius 2 is 1.86 bits per heavy atom. The average Bonchev–Trinajstić information content (AvgIpc) is 2.61. The highest BCUT2D eigenvalue weighted by atomic mass is 16.7. The summed E-state index contributed by atoms with van der Waals surface area (Å²) >= 11 is 0. The molecule has 6 nitrogen and oxygen atoms in total. The Bertz CT molecular complexity index is 478. The van der Waals surface area contributed by atoms with E-state index in [0.717, 1.165) is 24.8 Å². The van der Waals surface area contributed by atoms with Crippen molar-refractivity contribution in [2.75, 3.05) is 27.6 Å². The molecule has 0 bridgehead atoms. The van der Waals surface area contributed by atoms with Crippen LogP contribution in [0.1, 0.15) is 60.3 Å². The zero-order valence-electron chi connectivity index (χ0n) is 18.7. The Morgan fingerprint density at radius 1 is 1.18 bits per heavy atom. The summed E-state index contributed by atoms with van der Waals surface area (Å²) in [7, 11) is 3.23. The molecule has 0 aliphatic carbocycles. The summed E-state index contributed by atoms with van der Waals surface area (Å²) in [5.41, 5.74) is 0.457. The summed E-state index contributed by atoms with van der Waals surface area (Å²) in [6, 6.07) is 0. The zero-order valence-corrected chi connectivity index (χ0v) is 18.7. The van der Waals surface area contributed by atoms with Crippen molar-refractivity contribution >= 4 is 5.97 Å². The van der Waals surface area contributed by atoms with Crippen LogP contribution in [-0.2, 0) is 23.7 Å². The van der Waals surface area contributed by atoms with Crippen molar-refractivity contribution in [2.45, 2.75) is 78.1 Å². The number of ether oxygens (including phenoxy) is 4. The van der Waals surface area contributed by atoms with E-state index in [1.165, 1.54) is 0 Å². The molecule has 6 heteroatoms. The molecule has 0 aliphatic rings. The molecule has 0 saturated carbocycles. The average molecular weight is 401 g/mol. The second-order valence-corrected chi connectivity index (χ2v) is 8.03. The van der Waals surface area contributed by atoms with E-state index < -0.39 is 5.60 Å². The molecule has 0 aromatic carbocycles. The van der Waals surface area contributed by atoms with Gasteiger partial charge in [0.2, 0.25) is 0 Å². The quantitative estimate of drug-likeness (QED) is 0.205. The van der Waals surface area contributed by atoms with Crippen LogP contribution in [-0.4, -0.2) is 56.5 Å². The largest absolute Gasteiger partial charge is 0.460 e. The number of hydrogen-bond acceptors (Lipinski definition) is 6. The predicted molar refractivity (Wildman–Crippen MR) is 111 cm³/mol. The van der Waals surface area contributed by atoms with Gasteiger partial charge in [0.15, 0.2) is 0 Å². The monoisotopic (exact) mass is 400 g/mol. The molecule has 0 aromatic rings. The van der Waals surface area contributed by atoms with Gasteiger partial charge in [-0.2, -0.15) is 0 Å². The molecule has 0 amide bonds. The number of hydrogen-bond donors (Lipinski definition) is 1. The minimum absolute atomic E-state index is 0.0203. The van der Waals surface area contributed by atoms with E-state index in [1.54, 1.807) is 14.2 Å². The van der Waals surface area contributed by atoms with E-state index in [2.05, 4.69) is 6.08 Å². The van der Waals surface area contributed by atoms with Gasteiger partial charge in [0.25, 0.3) is 0 Å². The summed E-state index contributed by atoms with van der Waals surface area (Å²) in [5, 5.41) is 9.25. The number of esters is 1. The van der Waals surface area contributed by atoms with Gasteiger partial charge >= 0.3 is 5.97 Å². The van der Waals surface area contributed by atoms with Gasteiger partial charge in [0.05, 0.1) is 12.7 Å². The molecule has 0 aromatic heterocycles. The van der Waals surface area contributed by atoms with Crippen LogP contribution in [0.15, 0.2) is 23.8 Å². The van der Waals surface area contributed by atoms with Crippen molar-refractivity contribution in [3.05, 3.63) is 23.8 Å². The second kappa shape index (κ2) is 14.7. The first kappa shape index (κ1) is 26.8. The number of rotatable bonds is 14. The minimum Gasteiger partial charge on any atom is -0.460 e. The molecule has 0 aliphatic heterocycles. The topological polar surface area (TPSA) is 74.2 Å². The highest BCUT2D eigenvalue weighted by molar-refractivity contribution is 5.69.